The molecule has 0 radical (unpaired) electrons. The van der Waals surface area contributed by atoms with E-state index < -0.39 is 6.04 Å². The number of aromatic nitrogens is 2. The van der Waals surface area contributed by atoms with Gasteiger partial charge < -0.3 is 5.32 Å². The van der Waals surface area contributed by atoms with Gasteiger partial charge in [0.15, 0.2) is 5.82 Å². The first-order chi connectivity index (χ1) is 11.9. The van der Waals surface area contributed by atoms with Crippen molar-refractivity contribution >= 4 is 23.5 Å². The maximum Gasteiger partial charge on any atom is 0.248 e. The van der Waals surface area contributed by atoms with Gasteiger partial charge in [-0.3, -0.25) is 24.0 Å². The number of anilines is 1. The van der Waals surface area contributed by atoms with Gasteiger partial charge in [-0.2, -0.15) is 5.10 Å². The van der Waals surface area contributed by atoms with Gasteiger partial charge in [-0.1, -0.05) is 26.0 Å². The summed E-state index contributed by atoms with van der Waals surface area (Å²) in [5.74, 6) is -0.868. The van der Waals surface area contributed by atoms with Crippen molar-refractivity contribution in [2.45, 2.75) is 39.2 Å². The minimum absolute atomic E-state index is 0.167. The van der Waals surface area contributed by atoms with Crippen molar-refractivity contribution < 1.29 is 14.4 Å². The molecule has 3 atom stereocenters. The van der Waals surface area contributed by atoms with E-state index in [1.54, 1.807) is 24.0 Å². The van der Waals surface area contributed by atoms with Crippen LogP contribution in [0.15, 0.2) is 24.4 Å². The number of aryl methyl sites for hydroxylation is 1. The second kappa shape index (κ2) is 6.82. The zero-order valence-electron chi connectivity index (χ0n) is 14.8. The lowest BCUT2D eigenvalue weighted by atomic mass is 9.85. The van der Waals surface area contributed by atoms with Gasteiger partial charge in [0, 0.05) is 19.3 Å². The Morgan fingerprint density at radius 3 is 2.32 bits per heavy atom. The Hall–Kier alpha value is -2.44. The number of hydrogen-bond acceptors (Lipinski definition) is 4. The van der Waals surface area contributed by atoms with Crippen LogP contribution in [0, 0.1) is 17.8 Å². The summed E-state index contributed by atoms with van der Waals surface area (Å²) < 4.78 is 1.58. The highest BCUT2D eigenvalue weighted by atomic mass is 16.2. The lowest BCUT2D eigenvalue weighted by Crippen LogP contribution is -2.48. The third kappa shape index (κ3) is 3.36. The van der Waals surface area contributed by atoms with Crippen molar-refractivity contribution in [1.29, 1.82) is 0 Å². The topological polar surface area (TPSA) is 84.3 Å². The van der Waals surface area contributed by atoms with E-state index in [4.69, 9.17) is 0 Å². The standard InChI is InChI=1S/C18H24N4O3/c1-11(2)10-14(16(23)19-15-8-9-21(3)20-15)22-17(24)12-6-4-5-7-13(12)18(22)25/h4-5,8-9,11-14H,6-7,10H2,1-3H3,(H,19,20,23). The molecule has 7 heteroatoms. The number of allylic oxidation sites excluding steroid dienone is 2. The Kier molecular flexibility index (Phi) is 4.74. The van der Waals surface area contributed by atoms with Crippen LogP contribution in [0.25, 0.3) is 0 Å². The van der Waals surface area contributed by atoms with Crippen LogP contribution in [0.4, 0.5) is 5.82 Å². The summed E-state index contributed by atoms with van der Waals surface area (Å²) in [5.41, 5.74) is 0. The SMILES string of the molecule is CC(C)CC(C(=O)Nc1ccn(C)n1)N1C(=O)C2CC=CCC2C1=O. The van der Waals surface area contributed by atoms with Crippen LogP contribution in [0.5, 0.6) is 0 Å². The van der Waals surface area contributed by atoms with Gasteiger partial charge in [0.25, 0.3) is 0 Å². The van der Waals surface area contributed by atoms with Gasteiger partial charge >= 0.3 is 0 Å². The Labute approximate surface area is 147 Å². The molecule has 1 aliphatic carbocycles. The maximum atomic E-state index is 12.8. The molecular formula is C18H24N4O3. The summed E-state index contributed by atoms with van der Waals surface area (Å²) >= 11 is 0. The van der Waals surface area contributed by atoms with E-state index in [1.165, 1.54) is 4.90 Å². The molecule has 1 aromatic rings. The lowest BCUT2D eigenvalue weighted by molar-refractivity contribution is -0.147. The molecule has 3 unspecified atom stereocenters. The molecule has 0 spiro atoms. The molecule has 1 N–H and O–H groups in total. The molecule has 1 aliphatic heterocycles. The summed E-state index contributed by atoms with van der Waals surface area (Å²) in [6.07, 6.45) is 7.19. The number of likely N-dealkylation sites (tertiary alicyclic amines) is 1. The van der Waals surface area contributed by atoms with Crippen LogP contribution in [0.2, 0.25) is 0 Å². The number of fused-ring (bicyclic) bond motifs is 1. The Morgan fingerprint density at radius 1 is 1.24 bits per heavy atom. The molecule has 7 nitrogen and oxygen atoms in total. The third-order valence-electron chi connectivity index (χ3n) is 4.82. The number of imide groups is 1. The van der Waals surface area contributed by atoms with Crippen molar-refractivity contribution in [2.75, 3.05) is 5.32 Å². The maximum absolute atomic E-state index is 12.8. The average molecular weight is 344 g/mol. The first-order valence-corrected chi connectivity index (χ1v) is 8.71. The molecule has 1 saturated heterocycles. The van der Waals surface area contributed by atoms with E-state index in [0.717, 1.165) is 0 Å². The van der Waals surface area contributed by atoms with Crippen molar-refractivity contribution in [3.05, 3.63) is 24.4 Å². The first kappa shape index (κ1) is 17.4. The fourth-order valence-corrected chi connectivity index (χ4v) is 3.60. The van der Waals surface area contributed by atoms with E-state index >= 15 is 0 Å². The highest BCUT2D eigenvalue weighted by Crippen LogP contribution is 2.37. The van der Waals surface area contributed by atoms with Crippen LogP contribution < -0.4 is 5.32 Å². The molecule has 0 saturated carbocycles. The van der Waals surface area contributed by atoms with Gasteiger partial charge in [-0.25, -0.2) is 0 Å². The molecule has 2 heterocycles. The Bertz CT molecular complexity index is 696. The molecule has 2 aliphatic rings. The van der Waals surface area contributed by atoms with Crippen molar-refractivity contribution in [1.82, 2.24) is 14.7 Å². The summed E-state index contributed by atoms with van der Waals surface area (Å²) in [7, 11) is 1.76. The lowest BCUT2D eigenvalue weighted by Gasteiger charge is -2.27. The molecule has 25 heavy (non-hydrogen) atoms. The zero-order chi connectivity index (χ0) is 18.1. The van der Waals surface area contributed by atoms with E-state index in [2.05, 4.69) is 10.4 Å². The molecule has 3 amide bonds. The highest BCUT2D eigenvalue weighted by molar-refractivity contribution is 6.10. The van der Waals surface area contributed by atoms with Crippen LogP contribution in [-0.2, 0) is 21.4 Å². The predicted molar refractivity (Wildman–Crippen MR) is 92.3 cm³/mol. The third-order valence-corrected chi connectivity index (χ3v) is 4.82. The number of carbonyl (C=O) groups excluding carboxylic acids is 3. The number of hydrogen-bond donors (Lipinski definition) is 1. The summed E-state index contributed by atoms with van der Waals surface area (Å²) in [6, 6.07) is 0.884. The zero-order valence-corrected chi connectivity index (χ0v) is 14.8. The number of carbonyl (C=O) groups is 3. The molecule has 1 fully saturated rings. The molecule has 134 valence electrons. The van der Waals surface area contributed by atoms with Crippen LogP contribution in [0.1, 0.15) is 33.1 Å². The smallest absolute Gasteiger partial charge is 0.248 e. The minimum atomic E-state index is -0.799. The van der Waals surface area contributed by atoms with Crippen molar-refractivity contribution in [3.8, 4) is 0 Å². The largest absolute Gasteiger partial charge is 0.307 e. The first-order valence-electron chi connectivity index (χ1n) is 8.71. The Morgan fingerprint density at radius 2 is 1.84 bits per heavy atom. The predicted octanol–water partition coefficient (Wildman–Crippen LogP) is 1.72. The van der Waals surface area contributed by atoms with Gasteiger partial charge in [-0.15, -0.1) is 0 Å². The van der Waals surface area contributed by atoms with Gasteiger partial charge in [0.1, 0.15) is 6.04 Å². The number of nitrogens with one attached hydrogen (secondary N) is 1. The van der Waals surface area contributed by atoms with Crippen molar-refractivity contribution in [3.63, 3.8) is 0 Å². The summed E-state index contributed by atoms with van der Waals surface area (Å²) in [6.45, 7) is 3.95. The van der Waals surface area contributed by atoms with Crippen LogP contribution in [-0.4, -0.2) is 38.4 Å². The molecule has 0 aromatic carbocycles. The van der Waals surface area contributed by atoms with Crippen LogP contribution >= 0.6 is 0 Å². The van der Waals surface area contributed by atoms with Gasteiger partial charge in [-0.05, 0) is 25.2 Å². The molecular weight excluding hydrogens is 320 g/mol. The number of amides is 3. The number of nitrogens with zero attached hydrogens (tertiary/aromatic N) is 3. The normalized spacial score (nSPS) is 23.9. The monoisotopic (exact) mass is 344 g/mol. The molecule has 0 bridgehead atoms. The summed E-state index contributed by atoms with van der Waals surface area (Å²) in [4.78, 5) is 39.6. The number of rotatable bonds is 5. The second-order valence-electron chi connectivity index (χ2n) is 7.21. The van der Waals surface area contributed by atoms with E-state index in [1.807, 2.05) is 26.0 Å². The minimum Gasteiger partial charge on any atom is -0.307 e. The average Bonchev–Trinajstić information content (AvgIpc) is 3.08. The second-order valence-corrected chi connectivity index (χ2v) is 7.21. The Balaban J connectivity index is 1.83. The summed E-state index contributed by atoms with van der Waals surface area (Å²) in [5, 5.41) is 6.87. The fraction of sp³-hybridized carbons (Fsp3) is 0.556. The quantitative estimate of drug-likeness (QED) is 0.651. The molecule has 1 aromatic heterocycles. The van der Waals surface area contributed by atoms with E-state index in [9.17, 15) is 14.4 Å². The van der Waals surface area contributed by atoms with E-state index in [-0.39, 0.29) is 35.5 Å². The van der Waals surface area contributed by atoms with E-state index in [0.29, 0.717) is 25.1 Å². The van der Waals surface area contributed by atoms with Crippen LogP contribution in [0.3, 0.4) is 0 Å². The fourth-order valence-electron chi connectivity index (χ4n) is 3.60. The molecule has 3 rings (SSSR count). The van der Waals surface area contributed by atoms with Gasteiger partial charge in [0.2, 0.25) is 17.7 Å². The van der Waals surface area contributed by atoms with Crippen molar-refractivity contribution in [2.24, 2.45) is 24.8 Å². The highest BCUT2D eigenvalue weighted by Gasteiger charge is 2.51. The van der Waals surface area contributed by atoms with Gasteiger partial charge in [0.05, 0.1) is 11.8 Å².